The van der Waals surface area contributed by atoms with Gasteiger partial charge in [-0.1, -0.05) is 12.5 Å². The largest absolute Gasteiger partial charge is 0.496 e. The highest BCUT2D eigenvalue weighted by Gasteiger charge is 2.21. The first kappa shape index (κ1) is 13.9. The first-order valence-electron chi connectivity index (χ1n) is 7.20. The van der Waals surface area contributed by atoms with Gasteiger partial charge >= 0.3 is 0 Å². The Kier molecular flexibility index (Phi) is 4.06. The predicted octanol–water partition coefficient (Wildman–Crippen LogP) is 2.30. The number of H-pyrrole nitrogens is 1. The Bertz CT molecular complexity index is 583. The lowest BCUT2D eigenvalue weighted by molar-refractivity contribution is 0.396. The van der Waals surface area contributed by atoms with Crippen LogP contribution < -0.4 is 14.8 Å². The van der Waals surface area contributed by atoms with Crippen LogP contribution in [0.1, 0.15) is 31.1 Å². The number of aromatic amines is 1. The molecule has 6 nitrogen and oxygen atoms in total. The van der Waals surface area contributed by atoms with Crippen molar-refractivity contribution >= 4 is 0 Å². The Hall–Kier alpha value is -2.08. The van der Waals surface area contributed by atoms with Gasteiger partial charge < -0.3 is 14.8 Å². The predicted molar refractivity (Wildman–Crippen MR) is 79.5 cm³/mol. The molecule has 0 aliphatic carbocycles. The van der Waals surface area contributed by atoms with E-state index in [1.54, 1.807) is 14.2 Å². The highest BCUT2D eigenvalue weighted by molar-refractivity contribution is 5.71. The van der Waals surface area contributed by atoms with E-state index < -0.39 is 0 Å². The quantitative estimate of drug-likeness (QED) is 0.903. The molecule has 3 rings (SSSR count). The van der Waals surface area contributed by atoms with Crippen molar-refractivity contribution in [2.45, 2.75) is 25.3 Å². The normalized spacial score (nSPS) is 18.5. The molecule has 112 valence electrons. The number of methoxy groups -OCH3 is 2. The standard InChI is InChI=1S/C15H20N4O2/c1-20-11-7-5-8-12(21-2)13(11)15-17-14(18-19-15)10-6-3-4-9-16-10/h5,7-8,10,16H,3-4,6,9H2,1-2H3,(H,17,18,19). The lowest BCUT2D eigenvalue weighted by atomic mass is 10.0. The topological polar surface area (TPSA) is 72.1 Å². The molecule has 1 aliphatic heterocycles. The Morgan fingerprint density at radius 2 is 1.90 bits per heavy atom. The summed E-state index contributed by atoms with van der Waals surface area (Å²) in [6, 6.07) is 5.90. The van der Waals surface area contributed by atoms with Crippen LogP contribution in [0.2, 0.25) is 0 Å². The van der Waals surface area contributed by atoms with E-state index in [2.05, 4.69) is 20.5 Å². The van der Waals surface area contributed by atoms with E-state index in [-0.39, 0.29) is 6.04 Å². The maximum Gasteiger partial charge on any atom is 0.188 e. The minimum absolute atomic E-state index is 0.251. The average molecular weight is 288 g/mol. The van der Waals surface area contributed by atoms with Crippen LogP contribution in [-0.2, 0) is 0 Å². The van der Waals surface area contributed by atoms with Crippen molar-refractivity contribution in [2.24, 2.45) is 0 Å². The molecule has 1 fully saturated rings. The molecular formula is C15H20N4O2. The second-order valence-corrected chi connectivity index (χ2v) is 5.08. The average Bonchev–Trinajstić information content (AvgIpc) is 3.04. The van der Waals surface area contributed by atoms with Gasteiger partial charge in [0.2, 0.25) is 0 Å². The highest BCUT2D eigenvalue weighted by atomic mass is 16.5. The first-order valence-corrected chi connectivity index (χ1v) is 7.20. The lowest BCUT2D eigenvalue weighted by Gasteiger charge is -2.20. The number of aromatic nitrogens is 3. The van der Waals surface area contributed by atoms with Crippen LogP contribution >= 0.6 is 0 Å². The summed E-state index contributed by atoms with van der Waals surface area (Å²) in [6.45, 7) is 1.03. The number of nitrogens with one attached hydrogen (secondary N) is 2. The van der Waals surface area contributed by atoms with Crippen molar-refractivity contribution < 1.29 is 9.47 Å². The van der Waals surface area contributed by atoms with Gasteiger partial charge in [-0.2, -0.15) is 5.10 Å². The van der Waals surface area contributed by atoms with Gasteiger partial charge in [-0.25, -0.2) is 4.98 Å². The van der Waals surface area contributed by atoms with E-state index in [4.69, 9.17) is 9.47 Å². The maximum atomic E-state index is 5.41. The van der Waals surface area contributed by atoms with Crippen molar-refractivity contribution in [1.29, 1.82) is 0 Å². The molecule has 2 heterocycles. The number of ether oxygens (including phenoxy) is 2. The van der Waals surface area contributed by atoms with Gasteiger partial charge in [0.1, 0.15) is 22.9 Å². The molecule has 1 unspecified atom stereocenters. The summed E-state index contributed by atoms with van der Waals surface area (Å²) < 4.78 is 10.8. The van der Waals surface area contributed by atoms with Gasteiger partial charge in [0.25, 0.3) is 0 Å². The third-order valence-corrected chi connectivity index (χ3v) is 3.79. The Labute approximate surface area is 123 Å². The molecule has 1 aliphatic rings. The number of hydrogen-bond donors (Lipinski definition) is 2. The summed E-state index contributed by atoms with van der Waals surface area (Å²) in [4.78, 5) is 4.63. The van der Waals surface area contributed by atoms with E-state index in [0.29, 0.717) is 17.3 Å². The monoisotopic (exact) mass is 288 g/mol. The summed E-state index contributed by atoms with van der Waals surface area (Å²) in [6.07, 6.45) is 3.52. The van der Waals surface area contributed by atoms with Crippen LogP contribution in [0.4, 0.5) is 0 Å². The molecule has 0 amide bonds. The minimum Gasteiger partial charge on any atom is -0.496 e. The third kappa shape index (κ3) is 2.71. The van der Waals surface area contributed by atoms with Gasteiger partial charge in [0.15, 0.2) is 5.82 Å². The van der Waals surface area contributed by atoms with E-state index >= 15 is 0 Å². The van der Waals surface area contributed by atoms with Crippen molar-refractivity contribution in [2.75, 3.05) is 20.8 Å². The fraction of sp³-hybridized carbons (Fsp3) is 0.467. The number of hydrogen-bond acceptors (Lipinski definition) is 5. The zero-order valence-electron chi connectivity index (χ0n) is 12.3. The molecule has 1 saturated heterocycles. The van der Waals surface area contributed by atoms with Crippen molar-refractivity contribution in [3.63, 3.8) is 0 Å². The number of nitrogens with zero attached hydrogens (tertiary/aromatic N) is 2. The van der Waals surface area contributed by atoms with Gasteiger partial charge in [-0.15, -0.1) is 0 Å². The van der Waals surface area contributed by atoms with Gasteiger partial charge in [-0.05, 0) is 31.5 Å². The molecule has 1 aromatic carbocycles. The van der Waals surface area contributed by atoms with Gasteiger partial charge in [0, 0.05) is 0 Å². The lowest BCUT2D eigenvalue weighted by Crippen LogP contribution is -2.27. The van der Waals surface area contributed by atoms with Crippen LogP contribution in [0, 0.1) is 0 Å². The van der Waals surface area contributed by atoms with E-state index in [1.165, 1.54) is 12.8 Å². The summed E-state index contributed by atoms with van der Waals surface area (Å²) >= 11 is 0. The van der Waals surface area contributed by atoms with Gasteiger partial charge in [0.05, 0.1) is 20.3 Å². The number of benzene rings is 1. The first-order chi connectivity index (χ1) is 10.3. The Balaban J connectivity index is 1.95. The van der Waals surface area contributed by atoms with Crippen molar-refractivity contribution in [3.8, 4) is 22.9 Å². The highest BCUT2D eigenvalue weighted by Crippen LogP contribution is 2.36. The smallest absolute Gasteiger partial charge is 0.188 e. The van der Waals surface area contributed by atoms with Crippen LogP contribution in [0.15, 0.2) is 18.2 Å². The summed E-state index contributed by atoms with van der Waals surface area (Å²) in [5, 5.41) is 10.8. The van der Waals surface area contributed by atoms with Gasteiger partial charge in [-0.3, -0.25) is 5.10 Å². The number of rotatable bonds is 4. The Morgan fingerprint density at radius 3 is 2.52 bits per heavy atom. The fourth-order valence-corrected chi connectivity index (χ4v) is 2.70. The third-order valence-electron chi connectivity index (χ3n) is 3.79. The van der Waals surface area contributed by atoms with Crippen molar-refractivity contribution in [3.05, 3.63) is 24.0 Å². The molecule has 0 radical (unpaired) electrons. The molecule has 2 N–H and O–H groups in total. The van der Waals surface area contributed by atoms with Crippen LogP contribution in [0.3, 0.4) is 0 Å². The zero-order chi connectivity index (χ0) is 14.7. The Morgan fingerprint density at radius 1 is 1.14 bits per heavy atom. The van der Waals surface area contributed by atoms with Crippen LogP contribution in [-0.4, -0.2) is 35.9 Å². The van der Waals surface area contributed by atoms with Crippen molar-refractivity contribution in [1.82, 2.24) is 20.5 Å². The second-order valence-electron chi connectivity index (χ2n) is 5.08. The number of piperidine rings is 1. The second kappa shape index (κ2) is 6.13. The molecule has 6 heteroatoms. The summed E-state index contributed by atoms with van der Waals surface area (Å²) in [5.41, 5.74) is 0.779. The molecule has 0 saturated carbocycles. The van der Waals surface area contributed by atoms with Crippen LogP contribution in [0.5, 0.6) is 11.5 Å². The molecule has 1 atom stereocenters. The SMILES string of the molecule is COc1cccc(OC)c1-c1n[nH]c(C2CCCCN2)n1. The molecule has 0 spiro atoms. The van der Waals surface area contributed by atoms with E-state index in [0.717, 1.165) is 24.4 Å². The summed E-state index contributed by atoms with van der Waals surface area (Å²) in [7, 11) is 3.27. The minimum atomic E-state index is 0.251. The molecule has 1 aromatic heterocycles. The van der Waals surface area contributed by atoms with E-state index in [1.807, 2.05) is 18.2 Å². The molecule has 21 heavy (non-hydrogen) atoms. The summed E-state index contributed by atoms with van der Waals surface area (Å²) in [5.74, 6) is 2.89. The zero-order valence-corrected chi connectivity index (χ0v) is 12.3. The molecular weight excluding hydrogens is 268 g/mol. The maximum absolute atomic E-state index is 5.41. The van der Waals surface area contributed by atoms with E-state index in [9.17, 15) is 0 Å². The molecule has 0 bridgehead atoms. The van der Waals surface area contributed by atoms with Crippen LogP contribution in [0.25, 0.3) is 11.4 Å². The fourth-order valence-electron chi connectivity index (χ4n) is 2.70. The molecule has 2 aromatic rings.